The number of benzene rings is 2. The highest BCUT2D eigenvalue weighted by Crippen LogP contribution is 2.35. The van der Waals surface area contributed by atoms with Crippen LogP contribution in [0.15, 0.2) is 36.4 Å². The fraction of sp³-hybridized carbons (Fsp3) is 0.606. The van der Waals surface area contributed by atoms with Gasteiger partial charge in [0.25, 0.3) is 0 Å². The molecular weight excluding hydrogens is 516 g/mol. The third kappa shape index (κ3) is 9.43. The Kier molecular flexibility index (Phi) is 11.9. The highest BCUT2D eigenvalue weighted by atomic mass is 16.5. The fourth-order valence-corrected chi connectivity index (χ4v) is 5.82. The average Bonchev–Trinajstić information content (AvgIpc) is 3.36. The zero-order valence-corrected chi connectivity index (χ0v) is 25.5. The smallest absolute Gasteiger partial charge is 0.234 e. The van der Waals surface area contributed by atoms with E-state index in [0.29, 0.717) is 19.8 Å². The van der Waals surface area contributed by atoms with Gasteiger partial charge in [-0.2, -0.15) is 0 Å². The molecule has 2 N–H and O–H groups in total. The minimum absolute atomic E-state index is 0.115. The molecule has 1 unspecified atom stereocenters. The molecule has 0 aromatic heterocycles. The van der Waals surface area contributed by atoms with E-state index in [4.69, 9.17) is 9.47 Å². The first kappa shape index (κ1) is 31.3. The van der Waals surface area contributed by atoms with E-state index in [-0.39, 0.29) is 18.1 Å². The zero-order chi connectivity index (χ0) is 29.2. The minimum atomic E-state index is -0.171. The maximum atomic E-state index is 12.0. The normalized spacial score (nSPS) is 18.6. The lowest BCUT2D eigenvalue weighted by molar-refractivity contribution is -0.123. The van der Waals surface area contributed by atoms with Gasteiger partial charge in [0, 0.05) is 58.4 Å². The summed E-state index contributed by atoms with van der Waals surface area (Å²) in [6, 6.07) is 12.8. The first-order valence-electron chi connectivity index (χ1n) is 15.4. The van der Waals surface area contributed by atoms with E-state index in [1.165, 1.54) is 11.1 Å². The van der Waals surface area contributed by atoms with Gasteiger partial charge < -0.3 is 29.7 Å². The van der Waals surface area contributed by atoms with Crippen molar-refractivity contribution in [3.63, 3.8) is 0 Å². The van der Waals surface area contributed by atoms with Crippen molar-refractivity contribution in [2.45, 2.75) is 59.1 Å². The molecule has 0 radical (unpaired) electrons. The summed E-state index contributed by atoms with van der Waals surface area (Å²) >= 11 is 0. The van der Waals surface area contributed by atoms with E-state index in [2.05, 4.69) is 64.2 Å². The number of piperazine rings is 1. The molecule has 2 fully saturated rings. The Morgan fingerprint density at radius 1 is 0.854 bits per heavy atom. The second-order valence-corrected chi connectivity index (χ2v) is 11.8. The van der Waals surface area contributed by atoms with Gasteiger partial charge in [-0.3, -0.25) is 9.69 Å². The molecule has 8 nitrogen and oxygen atoms in total. The van der Waals surface area contributed by atoms with Crippen LogP contribution in [-0.4, -0.2) is 110 Å². The number of hydrogen-bond acceptors (Lipinski definition) is 7. The van der Waals surface area contributed by atoms with Crippen LogP contribution in [0.2, 0.25) is 0 Å². The van der Waals surface area contributed by atoms with Crippen molar-refractivity contribution in [3.05, 3.63) is 47.5 Å². The lowest BCUT2D eigenvalue weighted by Gasteiger charge is -2.34. The van der Waals surface area contributed by atoms with Gasteiger partial charge in [0.05, 0.1) is 25.9 Å². The Bertz CT molecular complexity index is 1120. The van der Waals surface area contributed by atoms with Gasteiger partial charge in [0.15, 0.2) is 0 Å². The molecule has 2 saturated heterocycles. The van der Waals surface area contributed by atoms with Gasteiger partial charge in [0.1, 0.15) is 11.5 Å². The number of aliphatic hydroxyl groups is 1. The van der Waals surface area contributed by atoms with E-state index in [9.17, 15) is 9.90 Å². The summed E-state index contributed by atoms with van der Waals surface area (Å²) in [6.45, 7) is 17.6. The van der Waals surface area contributed by atoms with Crippen molar-refractivity contribution in [1.82, 2.24) is 20.0 Å². The summed E-state index contributed by atoms with van der Waals surface area (Å²) in [5.74, 6) is 1.97. The SMILES string of the molecule is Cc1c(OCCCN2CCN(CC(=O)NC(C)C)CC2)cccc1-c1cccc(OCCCN2CCC(O)C2)c1C. The van der Waals surface area contributed by atoms with E-state index in [1.807, 2.05) is 19.9 Å². The summed E-state index contributed by atoms with van der Waals surface area (Å²) < 4.78 is 12.4. The molecule has 2 aliphatic rings. The van der Waals surface area contributed by atoms with Gasteiger partial charge in [-0.05, 0) is 81.3 Å². The molecule has 4 rings (SSSR count). The van der Waals surface area contributed by atoms with E-state index >= 15 is 0 Å². The Labute approximate surface area is 246 Å². The Morgan fingerprint density at radius 3 is 1.90 bits per heavy atom. The van der Waals surface area contributed by atoms with Crippen molar-refractivity contribution in [3.8, 4) is 22.6 Å². The number of hydrogen-bond donors (Lipinski definition) is 2. The van der Waals surface area contributed by atoms with Crippen molar-refractivity contribution < 1.29 is 19.4 Å². The molecule has 41 heavy (non-hydrogen) atoms. The van der Waals surface area contributed by atoms with Crippen molar-refractivity contribution in [2.75, 3.05) is 72.1 Å². The number of amides is 1. The standard InChI is InChI=1S/C33H50N4O4/c1-25(2)34-33(39)24-37-19-17-35(18-20-37)14-7-21-40-31-11-5-9-29(26(31)3)30-10-6-12-32(27(30)4)41-22-8-15-36-16-13-28(38)23-36/h5-6,9-12,25,28,38H,7-8,13-24H2,1-4H3,(H,34,39). The lowest BCUT2D eigenvalue weighted by Crippen LogP contribution is -2.50. The summed E-state index contributed by atoms with van der Waals surface area (Å²) in [5.41, 5.74) is 4.64. The lowest BCUT2D eigenvalue weighted by atomic mass is 9.95. The second-order valence-electron chi connectivity index (χ2n) is 11.8. The number of nitrogens with zero attached hydrogens (tertiary/aromatic N) is 3. The van der Waals surface area contributed by atoms with E-state index < -0.39 is 0 Å². The third-order valence-corrected chi connectivity index (χ3v) is 8.14. The number of carbonyl (C=O) groups is 1. The Balaban J connectivity index is 1.22. The number of rotatable bonds is 14. The number of likely N-dealkylation sites (tertiary alicyclic amines) is 1. The Morgan fingerprint density at radius 2 is 1.39 bits per heavy atom. The zero-order valence-electron chi connectivity index (χ0n) is 25.5. The van der Waals surface area contributed by atoms with Crippen molar-refractivity contribution >= 4 is 5.91 Å². The molecule has 0 spiro atoms. The number of aliphatic hydroxyl groups excluding tert-OH is 1. The monoisotopic (exact) mass is 566 g/mol. The van der Waals surface area contributed by atoms with Gasteiger partial charge >= 0.3 is 0 Å². The molecule has 1 amide bonds. The first-order chi connectivity index (χ1) is 19.8. The number of β-amino-alcohol motifs (C(OH)–C–C–N with tert-alkyl or cyclic N) is 1. The number of ether oxygens (including phenoxy) is 2. The quantitative estimate of drug-likeness (QED) is 0.338. The highest BCUT2D eigenvalue weighted by molar-refractivity contribution is 5.78. The molecule has 2 heterocycles. The number of carbonyl (C=O) groups excluding carboxylic acids is 1. The van der Waals surface area contributed by atoms with Gasteiger partial charge in [0.2, 0.25) is 5.91 Å². The maximum Gasteiger partial charge on any atom is 0.234 e. The molecule has 2 aromatic carbocycles. The fourth-order valence-electron chi connectivity index (χ4n) is 5.82. The van der Waals surface area contributed by atoms with Crippen LogP contribution in [0.25, 0.3) is 11.1 Å². The molecule has 2 aliphatic heterocycles. The predicted molar refractivity (Wildman–Crippen MR) is 165 cm³/mol. The van der Waals surface area contributed by atoms with Crippen LogP contribution in [0, 0.1) is 13.8 Å². The molecular formula is C33H50N4O4. The largest absolute Gasteiger partial charge is 0.493 e. The summed E-state index contributed by atoms with van der Waals surface area (Å²) in [4.78, 5) is 19.0. The number of nitrogens with one attached hydrogen (secondary N) is 1. The van der Waals surface area contributed by atoms with Crippen molar-refractivity contribution in [1.29, 1.82) is 0 Å². The van der Waals surface area contributed by atoms with E-state index in [0.717, 1.165) is 94.2 Å². The van der Waals surface area contributed by atoms with Crippen LogP contribution in [0.4, 0.5) is 0 Å². The van der Waals surface area contributed by atoms with Crippen LogP contribution in [0.1, 0.15) is 44.2 Å². The molecule has 1 atom stereocenters. The second kappa shape index (κ2) is 15.5. The predicted octanol–water partition coefficient (Wildman–Crippen LogP) is 3.72. The molecule has 0 bridgehead atoms. The van der Waals surface area contributed by atoms with Crippen LogP contribution in [0.5, 0.6) is 11.5 Å². The highest BCUT2D eigenvalue weighted by Gasteiger charge is 2.20. The topological polar surface area (TPSA) is 77.5 Å². The van der Waals surface area contributed by atoms with Gasteiger partial charge in [-0.1, -0.05) is 24.3 Å². The van der Waals surface area contributed by atoms with Gasteiger partial charge in [-0.25, -0.2) is 0 Å². The first-order valence-corrected chi connectivity index (χ1v) is 15.4. The molecule has 2 aromatic rings. The average molecular weight is 567 g/mol. The molecule has 8 heteroatoms. The molecule has 0 saturated carbocycles. The minimum Gasteiger partial charge on any atom is -0.493 e. The van der Waals surface area contributed by atoms with Gasteiger partial charge in [-0.15, -0.1) is 0 Å². The summed E-state index contributed by atoms with van der Waals surface area (Å²) in [6.07, 6.45) is 2.62. The molecule has 226 valence electrons. The van der Waals surface area contributed by atoms with E-state index in [1.54, 1.807) is 0 Å². The van der Waals surface area contributed by atoms with Crippen LogP contribution in [0.3, 0.4) is 0 Å². The Hall–Kier alpha value is -2.65. The third-order valence-electron chi connectivity index (χ3n) is 8.14. The molecule has 0 aliphatic carbocycles. The van der Waals surface area contributed by atoms with Crippen LogP contribution in [-0.2, 0) is 4.79 Å². The van der Waals surface area contributed by atoms with Crippen molar-refractivity contribution in [2.24, 2.45) is 0 Å². The van der Waals surface area contributed by atoms with Crippen LogP contribution < -0.4 is 14.8 Å². The summed E-state index contributed by atoms with van der Waals surface area (Å²) in [5, 5.41) is 12.7. The van der Waals surface area contributed by atoms with Crippen LogP contribution >= 0.6 is 0 Å². The maximum absolute atomic E-state index is 12.0. The summed E-state index contributed by atoms with van der Waals surface area (Å²) in [7, 11) is 0.